The number of anilines is 2. The summed E-state index contributed by atoms with van der Waals surface area (Å²) in [7, 11) is -3.16. The van der Waals surface area contributed by atoms with Gasteiger partial charge in [-0.1, -0.05) is 55.0 Å². The summed E-state index contributed by atoms with van der Waals surface area (Å²) in [4.78, 5) is 0. The molecule has 0 aromatic heterocycles. The Morgan fingerprint density at radius 3 is 2.42 bits per heavy atom. The zero-order valence-corrected chi connectivity index (χ0v) is 16.7. The van der Waals surface area contributed by atoms with Crippen LogP contribution in [0.1, 0.15) is 20.3 Å². The van der Waals surface area contributed by atoms with E-state index in [0.717, 1.165) is 12.2 Å². The topological polar surface area (TPSA) is 65.0 Å². The quantitative estimate of drug-likeness (QED) is 0.579. The van der Waals surface area contributed by atoms with Gasteiger partial charge in [0.15, 0.2) is 0 Å². The molecule has 0 saturated heterocycles. The van der Waals surface area contributed by atoms with Crippen molar-refractivity contribution >= 4 is 34.6 Å². The van der Waals surface area contributed by atoms with Gasteiger partial charge in [-0.3, -0.25) is 9.11 Å². The Bertz CT molecular complexity index is 700. The van der Waals surface area contributed by atoms with E-state index in [9.17, 15) is 9.11 Å². The zero-order chi connectivity index (χ0) is 17.9. The SMILES string of the molecule is CC(C)CNCCC1Oc2ccccc2N(c2ccccc2)S1(O)O.Cl. The smallest absolute Gasteiger partial charge is 0.207 e. The Morgan fingerprint density at radius 2 is 1.73 bits per heavy atom. The van der Waals surface area contributed by atoms with Gasteiger partial charge in [-0.2, -0.15) is 0 Å². The van der Waals surface area contributed by atoms with E-state index in [2.05, 4.69) is 19.2 Å². The van der Waals surface area contributed by atoms with Gasteiger partial charge in [0.2, 0.25) is 5.44 Å². The van der Waals surface area contributed by atoms with E-state index in [4.69, 9.17) is 4.74 Å². The Labute approximate surface area is 163 Å². The van der Waals surface area contributed by atoms with Gasteiger partial charge in [0.25, 0.3) is 0 Å². The normalized spacial score (nSPS) is 19.3. The highest BCUT2D eigenvalue weighted by Crippen LogP contribution is 2.61. The largest absolute Gasteiger partial charge is 0.466 e. The minimum Gasteiger partial charge on any atom is -0.466 e. The zero-order valence-electron chi connectivity index (χ0n) is 15.0. The minimum atomic E-state index is -3.16. The molecule has 7 heteroatoms. The van der Waals surface area contributed by atoms with Crippen molar-refractivity contribution in [3.8, 4) is 5.75 Å². The predicted molar refractivity (Wildman–Crippen MR) is 112 cm³/mol. The number of halogens is 1. The van der Waals surface area contributed by atoms with Gasteiger partial charge >= 0.3 is 0 Å². The third kappa shape index (κ3) is 4.45. The van der Waals surface area contributed by atoms with Crippen molar-refractivity contribution in [3.05, 3.63) is 54.6 Å². The molecule has 0 fully saturated rings. The second kappa shape index (κ2) is 8.97. The number of nitrogens with zero attached hydrogens (tertiary/aromatic N) is 1. The Hall–Kier alpha value is -1.44. The van der Waals surface area contributed by atoms with Crippen molar-refractivity contribution < 1.29 is 13.8 Å². The molecule has 0 spiro atoms. The summed E-state index contributed by atoms with van der Waals surface area (Å²) >= 11 is 0. The molecule has 5 nitrogen and oxygen atoms in total. The maximum absolute atomic E-state index is 11.0. The van der Waals surface area contributed by atoms with Crippen LogP contribution in [0, 0.1) is 5.92 Å². The highest BCUT2D eigenvalue weighted by Gasteiger charge is 2.40. The summed E-state index contributed by atoms with van der Waals surface area (Å²) in [5.41, 5.74) is 0.751. The van der Waals surface area contributed by atoms with Crippen LogP contribution >= 0.6 is 23.2 Å². The Balaban J connectivity index is 0.00000243. The number of ether oxygens (including phenoxy) is 1. The van der Waals surface area contributed by atoms with Gasteiger partial charge in [0.05, 0.1) is 5.69 Å². The van der Waals surface area contributed by atoms with Crippen LogP contribution in [0.4, 0.5) is 11.4 Å². The summed E-state index contributed by atoms with van der Waals surface area (Å²) in [6.07, 6.45) is 0.521. The summed E-state index contributed by atoms with van der Waals surface area (Å²) in [6, 6.07) is 16.9. The lowest BCUT2D eigenvalue weighted by atomic mass is 10.2. The van der Waals surface area contributed by atoms with Crippen molar-refractivity contribution in [2.24, 2.45) is 5.92 Å². The van der Waals surface area contributed by atoms with E-state index in [-0.39, 0.29) is 12.4 Å². The number of nitrogens with one attached hydrogen (secondary N) is 1. The van der Waals surface area contributed by atoms with Crippen molar-refractivity contribution in [1.82, 2.24) is 5.32 Å². The Morgan fingerprint density at radius 1 is 1.08 bits per heavy atom. The fourth-order valence-corrected chi connectivity index (χ4v) is 4.65. The highest BCUT2D eigenvalue weighted by atomic mass is 35.5. The van der Waals surface area contributed by atoms with Crippen molar-refractivity contribution in [3.63, 3.8) is 0 Å². The average Bonchev–Trinajstić information content (AvgIpc) is 2.59. The van der Waals surface area contributed by atoms with E-state index >= 15 is 0 Å². The molecule has 1 heterocycles. The lowest BCUT2D eigenvalue weighted by Gasteiger charge is -2.51. The molecule has 1 atom stereocenters. The van der Waals surface area contributed by atoms with Crippen molar-refractivity contribution in [2.75, 3.05) is 17.4 Å². The molecule has 0 saturated carbocycles. The maximum Gasteiger partial charge on any atom is 0.207 e. The van der Waals surface area contributed by atoms with E-state index in [0.29, 0.717) is 30.3 Å². The van der Waals surface area contributed by atoms with E-state index in [1.54, 1.807) is 4.31 Å². The average molecular weight is 399 g/mol. The summed E-state index contributed by atoms with van der Waals surface area (Å²) in [5, 5.41) is 3.34. The highest BCUT2D eigenvalue weighted by molar-refractivity contribution is 8.26. The van der Waals surface area contributed by atoms with Crippen LogP contribution in [-0.2, 0) is 0 Å². The van der Waals surface area contributed by atoms with Crippen LogP contribution in [0.2, 0.25) is 0 Å². The third-order valence-corrected chi connectivity index (χ3v) is 6.05. The fraction of sp³-hybridized carbons (Fsp3) is 0.368. The molecule has 0 aliphatic carbocycles. The third-order valence-electron chi connectivity index (χ3n) is 4.06. The van der Waals surface area contributed by atoms with Gasteiger partial charge in [0.1, 0.15) is 11.4 Å². The number of hydrogen-bond acceptors (Lipinski definition) is 5. The number of para-hydroxylation sites is 3. The first-order valence-electron chi connectivity index (χ1n) is 8.59. The number of benzene rings is 2. The van der Waals surface area contributed by atoms with Crippen LogP contribution in [0.5, 0.6) is 5.75 Å². The molecule has 1 unspecified atom stereocenters. The number of fused-ring (bicyclic) bond motifs is 1. The minimum absolute atomic E-state index is 0. The summed E-state index contributed by atoms with van der Waals surface area (Å²) < 4.78 is 29.6. The first-order chi connectivity index (χ1) is 12.0. The van der Waals surface area contributed by atoms with Gasteiger partial charge in [-0.25, -0.2) is 4.31 Å². The van der Waals surface area contributed by atoms with Crippen LogP contribution in [0.25, 0.3) is 0 Å². The van der Waals surface area contributed by atoms with Gasteiger partial charge < -0.3 is 10.1 Å². The van der Waals surface area contributed by atoms with Crippen molar-refractivity contribution in [2.45, 2.75) is 25.7 Å². The van der Waals surface area contributed by atoms with Gasteiger partial charge in [-0.15, -0.1) is 12.4 Å². The second-order valence-electron chi connectivity index (χ2n) is 6.59. The molecule has 0 bridgehead atoms. The van der Waals surface area contributed by atoms with Crippen LogP contribution in [0.3, 0.4) is 0 Å². The van der Waals surface area contributed by atoms with Crippen LogP contribution in [-0.4, -0.2) is 27.6 Å². The molecular weight excluding hydrogens is 372 g/mol. The molecule has 3 N–H and O–H groups in total. The van der Waals surface area contributed by atoms with Crippen LogP contribution < -0.4 is 14.4 Å². The first-order valence-corrected chi connectivity index (χ1v) is 10.2. The van der Waals surface area contributed by atoms with Crippen molar-refractivity contribution in [1.29, 1.82) is 0 Å². The first kappa shape index (κ1) is 20.9. The maximum atomic E-state index is 11.0. The molecular formula is C19H27ClN2O3S. The Kier molecular flexibility index (Phi) is 7.20. The van der Waals surface area contributed by atoms with E-state index < -0.39 is 16.2 Å². The molecule has 2 aromatic rings. The van der Waals surface area contributed by atoms with Gasteiger partial charge in [0, 0.05) is 13.0 Å². The molecule has 2 aromatic carbocycles. The number of rotatable bonds is 6. The molecule has 1 aliphatic heterocycles. The predicted octanol–water partition coefficient (Wildman–Crippen LogP) is 5.27. The molecule has 3 rings (SSSR count). The molecule has 1 aliphatic rings. The molecule has 144 valence electrons. The fourth-order valence-electron chi connectivity index (χ4n) is 2.88. The molecule has 0 radical (unpaired) electrons. The summed E-state index contributed by atoms with van der Waals surface area (Å²) in [6.45, 7) is 5.85. The van der Waals surface area contributed by atoms with Crippen LogP contribution in [0.15, 0.2) is 54.6 Å². The number of hydrogen-bond donors (Lipinski definition) is 3. The lowest BCUT2D eigenvalue weighted by molar-refractivity contribution is 0.237. The standard InChI is InChI=1S/C19H26N2O3S.ClH/c1-15(2)14-20-13-12-19-24-18-11-7-6-10-17(18)21(25(19,22)23)16-8-4-3-5-9-16;/h3-11,15,19-20,22-23H,12-14H2,1-2H3;1H. The monoisotopic (exact) mass is 398 g/mol. The van der Waals surface area contributed by atoms with E-state index in [1.165, 1.54) is 0 Å². The van der Waals surface area contributed by atoms with Gasteiger partial charge in [-0.05, 0) is 36.7 Å². The lowest BCUT2D eigenvalue weighted by Crippen LogP contribution is -2.40. The molecule has 26 heavy (non-hydrogen) atoms. The second-order valence-corrected chi connectivity index (χ2v) is 8.61. The van der Waals surface area contributed by atoms with E-state index in [1.807, 2.05) is 54.6 Å². The molecule has 0 amide bonds. The summed E-state index contributed by atoms with van der Waals surface area (Å²) in [5.74, 6) is 1.22.